The highest BCUT2D eigenvalue weighted by molar-refractivity contribution is 8.00. The van der Waals surface area contributed by atoms with Gasteiger partial charge in [-0.25, -0.2) is 0 Å². The fourth-order valence-electron chi connectivity index (χ4n) is 3.98. The van der Waals surface area contributed by atoms with Crippen molar-refractivity contribution in [2.45, 2.75) is 36.4 Å². The minimum Gasteiger partial charge on any atom is -0.310 e. The standard InChI is InChI=1S/C23H23N5O2S2/c1-2-3-12-27-21(30)16-8-4-5-9-17(16)28-22(27)24-25-23(28)32-15-20(29)26-13-14-31-19-11-7-6-10-18(19)26/h4-11H,2-3,12-15H2,1H3. The molecule has 0 bridgehead atoms. The maximum absolute atomic E-state index is 13.1. The zero-order valence-corrected chi connectivity index (χ0v) is 19.4. The topological polar surface area (TPSA) is 72.5 Å². The molecule has 0 fully saturated rings. The van der Waals surface area contributed by atoms with Crippen LogP contribution in [0.5, 0.6) is 0 Å². The number of para-hydroxylation sites is 2. The van der Waals surface area contributed by atoms with Gasteiger partial charge in [-0.2, -0.15) is 0 Å². The number of fused-ring (bicyclic) bond motifs is 4. The number of amides is 1. The van der Waals surface area contributed by atoms with Crippen molar-refractivity contribution in [1.82, 2.24) is 19.2 Å². The first-order valence-corrected chi connectivity index (χ1v) is 12.7. The molecule has 0 aliphatic carbocycles. The van der Waals surface area contributed by atoms with Crippen LogP contribution in [-0.4, -0.2) is 43.1 Å². The first-order chi connectivity index (χ1) is 15.7. The van der Waals surface area contributed by atoms with Gasteiger partial charge in [-0.3, -0.25) is 18.6 Å². The van der Waals surface area contributed by atoms with E-state index in [0.29, 0.717) is 29.4 Å². The second kappa shape index (κ2) is 8.99. The average Bonchev–Trinajstić information content (AvgIpc) is 3.26. The summed E-state index contributed by atoms with van der Waals surface area (Å²) in [5, 5.41) is 9.94. The molecule has 2 aromatic heterocycles. The number of anilines is 1. The Labute approximate surface area is 193 Å². The maximum Gasteiger partial charge on any atom is 0.262 e. The van der Waals surface area contributed by atoms with E-state index in [1.165, 1.54) is 11.8 Å². The fraction of sp³-hybridized carbons (Fsp3) is 0.304. The van der Waals surface area contributed by atoms with Crippen molar-refractivity contribution in [3.8, 4) is 0 Å². The van der Waals surface area contributed by atoms with Gasteiger partial charge in [0.05, 0.1) is 22.3 Å². The molecule has 3 heterocycles. The van der Waals surface area contributed by atoms with Gasteiger partial charge >= 0.3 is 0 Å². The molecule has 2 aromatic carbocycles. The van der Waals surface area contributed by atoms with Crippen molar-refractivity contribution in [3.63, 3.8) is 0 Å². The number of benzene rings is 2. The third kappa shape index (κ3) is 3.69. The van der Waals surface area contributed by atoms with Gasteiger partial charge in [0.1, 0.15) is 0 Å². The normalized spacial score (nSPS) is 13.6. The SMILES string of the molecule is CCCCn1c(=O)c2ccccc2n2c(SCC(=O)N3CCSc4ccccc43)nnc12. The summed E-state index contributed by atoms with van der Waals surface area (Å²) in [5.74, 6) is 1.71. The van der Waals surface area contributed by atoms with Crippen LogP contribution in [0.1, 0.15) is 19.8 Å². The highest BCUT2D eigenvalue weighted by Gasteiger charge is 2.24. The minimum atomic E-state index is -0.0519. The Morgan fingerprint density at radius 3 is 2.81 bits per heavy atom. The van der Waals surface area contributed by atoms with E-state index in [9.17, 15) is 9.59 Å². The number of hydrogen-bond acceptors (Lipinski definition) is 6. The van der Waals surface area contributed by atoms with Crippen LogP contribution in [0.25, 0.3) is 16.7 Å². The predicted molar refractivity (Wildman–Crippen MR) is 130 cm³/mol. The summed E-state index contributed by atoms with van der Waals surface area (Å²) < 4.78 is 3.60. The summed E-state index contributed by atoms with van der Waals surface area (Å²) in [6.45, 7) is 3.38. The van der Waals surface area contributed by atoms with E-state index >= 15 is 0 Å². The van der Waals surface area contributed by atoms with Gasteiger partial charge in [-0.15, -0.1) is 22.0 Å². The molecule has 0 atom stereocenters. The lowest BCUT2D eigenvalue weighted by atomic mass is 10.2. The Kier molecular flexibility index (Phi) is 5.93. The van der Waals surface area contributed by atoms with E-state index in [-0.39, 0.29) is 17.2 Å². The van der Waals surface area contributed by atoms with Gasteiger partial charge < -0.3 is 4.90 Å². The van der Waals surface area contributed by atoms with Gasteiger partial charge in [0.15, 0.2) is 5.16 Å². The Morgan fingerprint density at radius 1 is 1.12 bits per heavy atom. The number of hydrogen-bond donors (Lipinski definition) is 0. The van der Waals surface area contributed by atoms with Crippen molar-refractivity contribution in [3.05, 3.63) is 58.9 Å². The van der Waals surface area contributed by atoms with Crippen LogP contribution in [-0.2, 0) is 11.3 Å². The monoisotopic (exact) mass is 465 g/mol. The Balaban J connectivity index is 1.49. The largest absolute Gasteiger partial charge is 0.310 e. The predicted octanol–water partition coefficient (Wildman–Crippen LogP) is 4.08. The van der Waals surface area contributed by atoms with E-state index in [4.69, 9.17) is 0 Å². The quantitative estimate of drug-likeness (QED) is 0.400. The molecule has 1 amide bonds. The lowest BCUT2D eigenvalue weighted by Crippen LogP contribution is -2.36. The van der Waals surface area contributed by atoms with Crippen LogP contribution in [0.4, 0.5) is 5.69 Å². The number of aryl methyl sites for hydroxylation is 1. The lowest BCUT2D eigenvalue weighted by molar-refractivity contribution is -0.116. The number of carbonyl (C=O) groups is 1. The van der Waals surface area contributed by atoms with Gasteiger partial charge in [-0.1, -0.05) is 49.4 Å². The van der Waals surface area contributed by atoms with E-state index < -0.39 is 0 Å². The minimum absolute atomic E-state index is 0.0445. The molecule has 7 nitrogen and oxygen atoms in total. The van der Waals surface area contributed by atoms with Crippen molar-refractivity contribution < 1.29 is 4.79 Å². The van der Waals surface area contributed by atoms with Gasteiger partial charge in [0.25, 0.3) is 5.56 Å². The fourth-order valence-corrected chi connectivity index (χ4v) is 5.79. The molecule has 0 unspecified atom stereocenters. The second-order valence-electron chi connectivity index (χ2n) is 7.60. The zero-order chi connectivity index (χ0) is 22.1. The molecule has 0 saturated carbocycles. The molecule has 0 saturated heterocycles. The van der Waals surface area contributed by atoms with Crippen molar-refractivity contribution in [2.75, 3.05) is 23.0 Å². The zero-order valence-electron chi connectivity index (χ0n) is 17.7. The summed E-state index contributed by atoms with van der Waals surface area (Å²) in [4.78, 5) is 29.2. The number of nitrogens with zero attached hydrogens (tertiary/aromatic N) is 5. The number of aromatic nitrogens is 4. The molecule has 0 N–H and O–H groups in total. The third-order valence-electron chi connectivity index (χ3n) is 5.57. The highest BCUT2D eigenvalue weighted by atomic mass is 32.2. The molecule has 164 valence electrons. The third-order valence-corrected chi connectivity index (χ3v) is 7.52. The summed E-state index contributed by atoms with van der Waals surface area (Å²) in [5.41, 5.74) is 1.68. The molecule has 4 aromatic rings. The molecule has 32 heavy (non-hydrogen) atoms. The van der Waals surface area contributed by atoms with Crippen LogP contribution in [0.3, 0.4) is 0 Å². The summed E-state index contributed by atoms with van der Waals surface area (Å²) >= 11 is 3.14. The first kappa shape index (κ1) is 21.1. The van der Waals surface area contributed by atoms with Gasteiger partial charge in [0.2, 0.25) is 11.7 Å². The summed E-state index contributed by atoms with van der Waals surface area (Å²) in [6.07, 6.45) is 1.86. The number of thioether (sulfide) groups is 2. The van der Waals surface area contributed by atoms with Crippen LogP contribution in [0.15, 0.2) is 63.4 Å². The average molecular weight is 466 g/mol. The molecule has 5 rings (SSSR count). The number of unbranched alkanes of at least 4 members (excludes halogenated alkanes) is 1. The number of rotatable bonds is 6. The van der Waals surface area contributed by atoms with Crippen molar-refractivity contribution in [1.29, 1.82) is 0 Å². The maximum atomic E-state index is 13.1. The van der Waals surface area contributed by atoms with Crippen LogP contribution < -0.4 is 10.5 Å². The molecule has 1 aliphatic heterocycles. The van der Waals surface area contributed by atoms with Crippen LogP contribution in [0, 0.1) is 0 Å². The van der Waals surface area contributed by atoms with E-state index in [1.807, 2.05) is 51.8 Å². The van der Waals surface area contributed by atoms with Crippen LogP contribution >= 0.6 is 23.5 Å². The number of carbonyl (C=O) groups excluding carboxylic acids is 1. The Hall–Kier alpha value is -2.78. The second-order valence-corrected chi connectivity index (χ2v) is 9.67. The highest BCUT2D eigenvalue weighted by Crippen LogP contribution is 2.35. The summed E-state index contributed by atoms with van der Waals surface area (Å²) in [6, 6.07) is 15.5. The van der Waals surface area contributed by atoms with Crippen LogP contribution in [0.2, 0.25) is 0 Å². The van der Waals surface area contributed by atoms with Gasteiger partial charge in [0, 0.05) is 23.7 Å². The Bertz CT molecular complexity index is 1360. The van der Waals surface area contributed by atoms with Gasteiger partial charge in [-0.05, 0) is 30.7 Å². The molecule has 0 spiro atoms. The molecule has 1 aliphatic rings. The van der Waals surface area contributed by atoms with E-state index in [0.717, 1.165) is 34.7 Å². The molecule has 0 radical (unpaired) electrons. The Morgan fingerprint density at radius 2 is 1.94 bits per heavy atom. The van der Waals surface area contributed by atoms with Crippen molar-refractivity contribution >= 4 is 51.8 Å². The summed E-state index contributed by atoms with van der Waals surface area (Å²) in [7, 11) is 0. The smallest absolute Gasteiger partial charge is 0.262 e. The molecular weight excluding hydrogens is 442 g/mol. The van der Waals surface area contributed by atoms with Crippen molar-refractivity contribution in [2.24, 2.45) is 0 Å². The lowest BCUT2D eigenvalue weighted by Gasteiger charge is -2.28. The first-order valence-electron chi connectivity index (χ1n) is 10.7. The van der Waals surface area contributed by atoms with E-state index in [2.05, 4.69) is 23.2 Å². The molecular formula is C23H23N5O2S2. The van der Waals surface area contributed by atoms with E-state index in [1.54, 1.807) is 16.3 Å². The molecule has 9 heteroatoms.